The summed E-state index contributed by atoms with van der Waals surface area (Å²) in [5.74, 6) is -2.91. The molecule has 4 aromatic carbocycles. The van der Waals surface area contributed by atoms with Crippen LogP contribution in [-0.4, -0.2) is 105 Å². The summed E-state index contributed by atoms with van der Waals surface area (Å²) in [5.41, 5.74) is 4.00. The molecular weight excluding hydrogens is 867 g/mol. The van der Waals surface area contributed by atoms with Gasteiger partial charge in [-0.15, -0.1) is 0 Å². The third-order valence-corrected chi connectivity index (χ3v) is 12.1. The lowest BCUT2D eigenvalue weighted by molar-refractivity contribution is -0.136. The molecule has 2 saturated heterocycles. The minimum absolute atomic E-state index is 0.0516. The minimum atomic E-state index is -1.00. The molecule has 16 nitrogen and oxygen atoms in total. The molecule has 3 aliphatic rings. The Morgan fingerprint density at radius 2 is 1.50 bits per heavy atom. The number of unbranched alkanes of at least 4 members (excludes halogenated alkanes) is 3. The molecule has 5 aromatic rings. The van der Waals surface area contributed by atoms with Crippen molar-refractivity contribution in [3.63, 3.8) is 0 Å². The number of rotatable bonds is 17. The highest BCUT2D eigenvalue weighted by Crippen LogP contribution is 2.33. The molecule has 6 amide bonds. The van der Waals surface area contributed by atoms with E-state index in [1.807, 2.05) is 29.2 Å². The summed E-state index contributed by atoms with van der Waals surface area (Å²) in [6, 6.07) is 24.8. The molecule has 1 unspecified atom stereocenters. The van der Waals surface area contributed by atoms with Crippen molar-refractivity contribution >= 4 is 81.6 Å². The van der Waals surface area contributed by atoms with Crippen LogP contribution in [0.25, 0.3) is 0 Å². The predicted octanol–water partition coefficient (Wildman–Crippen LogP) is 6.77. The maximum absolute atomic E-state index is 14.7. The summed E-state index contributed by atoms with van der Waals surface area (Å²) >= 11 is 6.15. The third kappa shape index (κ3) is 10.8. The van der Waals surface area contributed by atoms with Crippen LogP contribution in [0.1, 0.15) is 75.2 Å². The number of anilines is 6. The number of nitrogens with one attached hydrogen (secondary N) is 5. The highest BCUT2D eigenvalue weighted by atomic mass is 35.5. The zero-order valence-electron chi connectivity index (χ0n) is 35.9. The Bertz CT molecular complexity index is 2640. The van der Waals surface area contributed by atoms with Crippen molar-refractivity contribution < 1.29 is 33.2 Å². The van der Waals surface area contributed by atoms with Gasteiger partial charge in [-0.05, 0) is 92.0 Å². The first-order valence-electron chi connectivity index (χ1n) is 21.9. The Kier molecular flexibility index (Phi) is 14.2. The first-order chi connectivity index (χ1) is 32.0. The lowest BCUT2D eigenvalue weighted by Gasteiger charge is -2.34. The van der Waals surface area contributed by atoms with Crippen LogP contribution in [0.4, 0.5) is 38.9 Å². The van der Waals surface area contributed by atoms with E-state index in [0.29, 0.717) is 53.0 Å². The summed E-state index contributed by atoms with van der Waals surface area (Å²) in [6.45, 7) is 4.49. The number of imide groups is 2. The molecule has 5 N–H and O–H groups in total. The first kappa shape index (κ1) is 45.3. The van der Waals surface area contributed by atoms with Crippen molar-refractivity contribution in [3.8, 4) is 0 Å². The number of aromatic nitrogens is 2. The second-order valence-corrected chi connectivity index (χ2v) is 16.7. The molecular formula is C48H48ClFN10O6. The van der Waals surface area contributed by atoms with Gasteiger partial charge < -0.3 is 26.2 Å². The number of piperidine rings is 1. The molecule has 1 aromatic heterocycles. The molecule has 340 valence electrons. The summed E-state index contributed by atoms with van der Waals surface area (Å²) in [4.78, 5) is 90.0. The van der Waals surface area contributed by atoms with E-state index < -0.39 is 35.5 Å². The number of para-hydroxylation sites is 1. The van der Waals surface area contributed by atoms with Crippen LogP contribution < -0.4 is 26.6 Å². The molecule has 0 saturated carbocycles. The van der Waals surface area contributed by atoms with Crippen LogP contribution in [0.15, 0.2) is 97.2 Å². The van der Waals surface area contributed by atoms with E-state index >= 15 is 0 Å². The number of hydrogen-bond acceptors (Lipinski definition) is 12. The average molecular weight is 915 g/mol. The third-order valence-electron chi connectivity index (χ3n) is 11.8. The van der Waals surface area contributed by atoms with E-state index in [1.54, 1.807) is 66.7 Å². The van der Waals surface area contributed by atoms with E-state index in [1.165, 1.54) is 0 Å². The van der Waals surface area contributed by atoms with Crippen molar-refractivity contribution in [1.29, 1.82) is 0 Å². The average Bonchev–Trinajstić information content (AvgIpc) is 3.57. The highest BCUT2D eigenvalue weighted by molar-refractivity contribution is 6.34. The number of benzene rings is 4. The maximum atomic E-state index is 14.7. The van der Waals surface area contributed by atoms with E-state index in [9.17, 15) is 33.2 Å². The fourth-order valence-electron chi connectivity index (χ4n) is 8.16. The van der Waals surface area contributed by atoms with E-state index in [4.69, 9.17) is 11.6 Å². The molecule has 3 aliphatic heterocycles. The van der Waals surface area contributed by atoms with Gasteiger partial charge in [0.1, 0.15) is 6.04 Å². The van der Waals surface area contributed by atoms with Crippen LogP contribution in [0, 0.1) is 5.82 Å². The van der Waals surface area contributed by atoms with Gasteiger partial charge in [0.05, 0.1) is 34.5 Å². The number of amides is 6. The fraction of sp³-hybridized carbons (Fsp3) is 0.292. The molecule has 0 radical (unpaired) electrons. The van der Waals surface area contributed by atoms with Crippen LogP contribution in [0.3, 0.4) is 0 Å². The smallest absolute Gasteiger partial charge is 0.264 e. The van der Waals surface area contributed by atoms with Crippen molar-refractivity contribution in [1.82, 2.24) is 30.0 Å². The van der Waals surface area contributed by atoms with E-state index in [2.05, 4.69) is 41.5 Å². The van der Waals surface area contributed by atoms with Gasteiger partial charge in [-0.3, -0.25) is 43.9 Å². The Hall–Kier alpha value is -7.24. The second-order valence-electron chi connectivity index (χ2n) is 16.3. The SMILES string of the molecule is O=C1CCC(N2C(=O)c3cccc(NCCCCCCN4CCN(C(=O)Cc5ccc(Nc6ncc(F)c(Nc7ccc(C(=O)Nc8ccccc8Cl)cc7)n6)cc5)CC4)c3C2=O)C(=O)N1. The number of hydrogen-bond donors (Lipinski definition) is 5. The highest BCUT2D eigenvalue weighted by Gasteiger charge is 2.45. The lowest BCUT2D eigenvalue weighted by Crippen LogP contribution is -2.54. The van der Waals surface area contributed by atoms with Crippen LogP contribution in [0.2, 0.25) is 5.02 Å². The van der Waals surface area contributed by atoms with Crippen molar-refractivity contribution in [2.75, 3.05) is 60.5 Å². The zero-order valence-corrected chi connectivity index (χ0v) is 36.7. The summed E-state index contributed by atoms with van der Waals surface area (Å²) in [5, 5.41) is 14.7. The van der Waals surface area contributed by atoms with Gasteiger partial charge in [0.2, 0.25) is 23.7 Å². The number of halogens is 2. The second kappa shape index (κ2) is 20.7. The maximum Gasteiger partial charge on any atom is 0.264 e. The molecule has 66 heavy (non-hydrogen) atoms. The van der Waals surface area contributed by atoms with Crippen molar-refractivity contribution in [3.05, 3.63) is 130 Å². The number of carbonyl (C=O) groups is 6. The number of fused-ring (bicyclic) bond motifs is 1. The van der Waals surface area contributed by atoms with E-state index in [-0.39, 0.29) is 54.0 Å². The largest absolute Gasteiger partial charge is 0.384 e. The summed E-state index contributed by atoms with van der Waals surface area (Å²) < 4.78 is 14.7. The van der Waals surface area contributed by atoms with Gasteiger partial charge in [0, 0.05) is 61.8 Å². The van der Waals surface area contributed by atoms with Gasteiger partial charge in [-0.25, -0.2) is 9.37 Å². The van der Waals surface area contributed by atoms with Crippen molar-refractivity contribution in [2.45, 2.75) is 51.0 Å². The Morgan fingerprint density at radius 1 is 0.788 bits per heavy atom. The monoisotopic (exact) mass is 914 g/mol. The van der Waals surface area contributed by atoms with Crippen molar-refractivity contribution in [2.24, 2.45) is 0 Å². The molecule has 18 heteroatoms. The van der Waals surface area contributed by atoms with Gasteiger partial charge >= 0.3 is 0 Å². The normalized spacial score (nSPS) is 16.2. The van der Waals surface area contributed by atoms with Crippen LogP contribution in [-0.2, 0) is 20.8 Å². The Labute approximate surface area is 385 Å². The van der Waals surface area contributed by atoms with Crippen LogP contribution in [0.5, 0.6) is 0 Å². The lowest BCUT2D eigenvalue weighted by atomic mass is 10.0. The molecule has 0 spiro atoms. The predicted molar refractivity (Wildman–Crippen MR) is 248 cm³/mol. The van der Waals surface area contributed by atoms with Gasteiger partial charge in [0.15, 0.2) is 11.6 Å². The molecule has 0 aliphatic carbocycles. The molecule has 8 rings (SSSR count). The summed E-state index contributed by atoms with van der Waals surface area (Å²) in [7, 11) is 0. The topological polar surface area (TPSA) is 198 Å². The summed E-state index contributed by atoms with van der Waals surface area (Å²) in [6.07, 6.45) is 5.40. The Balaban J connectivity index is 0.718. The van der Waals surface area contributed by atoms with Gasteiger partial charge in [0.25, 0.3) is 17.7 Å². The fourth-order valence-corrected chi connectivity index (χ4v) is 8.34. The quantitative estimate of drug-likeness (QED) is 0.0486. The van der Waals surface area contributed by atoms with Gasteiger partial charge in [-0.1, -0.05) is 54.8 Å². The molecule has 2 fully saturated rings. The van der Waals surface area contributed by atoms with Gasteiger partial charge in [-0.2, -0.15) is 4.98 Å². The molecule has 4 heterocycles. The minimum Gasteiger partial charge on any atom is -0.384 e. The first-order valence-corrected chi connectivity index (χ1v) is 22.3. The van der Waals surface area contributed by atoms with Crippen LogP contribution >= 0.6 is 11.6 Å². The number of nitrogens with zero attached hydrogens (tertiary/aromatic N) is 5. The van der Waals surface area contributed by atoms with E-state index in [0.717, 1.165) is 62.0 Å². The Morgan fingerprint density at radius 3 is 2.26 bits per heavy atom. The molecule has 1 atom stereocenters. The zero-order chi connectivity index (χ0) is 46.2. The number of carbonyl (C=O) groups excluding carboxylic acids is 6. The molecule has 0 bridgehead atoms. The number of piperazine rings is 1. The standard InChI is InChI=1S/C48H48ClFN10O6/c49-35-9-3-4-10-37(35)55-44(63)31-14-18-32(19-15-31)53-43-36(50)29-52-48(57-43)54-33-16-12-30(13-17-33)28-41(62)59-26-24-58(25-27-59)23-6-2-1-5-22-51-38-11-7-8-34-42(38)47(66)60(46(34)65)39-20-21-40(61)56-45(39)64/h3-4,7-19,29,39,51H,1-2,5-6,20-28H2,(H,55,63)(H,56,61,64)(H2,52,53,54,57).